The number of amidine groups is 1. The van der Waals surface area contributed by atoms with Crippen molar-refractivity contribution >= 4 is 47.5 Å². The molecule has 0 spiro atoms. The predicted octanol–water partition coefficient (Wildman–Crippen LogP) is -13.0. The Morgan fingerprint density at radius 3 is 2.16 bits per heavy atom. The van der Waals surface area contributed by atoms with E-state index in [-0.39, 0.29) is 81.4 Å². The van der Waals surface area contributed by atoms with Gasteiger partial charge in [-0.15, -0.1) is 0 Å². The SMILES string of the molecule is NC1=NC(=O)C2N=CN([C@@H]3O[C@H](COP(=O)(O)OP(=O)([O-])OP(=O)([O-])O)[C@@H](O)[C@H]3O)C2=N1.O.O.O.[Na+].[Na+]. The molecule has 37 heavy (non-hydrogen) atoms. The third kappa shape index (κ3) is 10.7. The van der Waals surface area contributed by atoms with Gasteiger partial charge in [0.05, 0.1) is 12.9 Å². The summed E-state index contributed by atoms with van der Waals surface area (Å²) in [5, 5.41) is 20.4. The Hall–Kier alpha value is 0.450. The number of nitrogens with zero attached hydrogens (tertiary/aromatic N) is 4. The number of hydrogen-bond donors (Lipinski definition) is 5. The summed E-state index contributed by atoms with van der Waals surface area (Å²) in [6, 6.07) is -1.16. The minimum absolute atomic E-state index is 0. The Kier molecular flexibility index (Phi) is 17.5. The minimum Gasteiger partial charge on any atom is -0.756 e. The molecule has 204 valence electrons. The smallest absolute Gasteiger partial charge is 0.756 e. The molecule has 3 rings (SSSR count). The van der Waals surface area contributed by atoms with Crippen LogP contribution in [0.15, 0.2) is 15.0 Å². The maximum Gasteiger partial charge on any atom is 1.00 e. The van der Waals surface area contributed by atoms with E-state index in [0.29, 0.717) is 0 Å². The molecule has 1 amide bonds. The van der Waals surface area contributed by atoms with Crippen molar-refractivity contribution in [2.75, 3.05) is 6.61 Å². The van der Waals surface area contributed by atoms with Crippen molar-refractivity contribution in [2.24, 2.45) is 20.7 Å². The van der Waals surface area contributed by atoms with Gasteiger partial charge in [0, 0.05) is 0 Å². The van der Waals surface area contributed by atoms with E-state index in [1.807, 2.05) is 0 Å². The van der Waals surface area contributed by atoms with Gasteiger partial charge in [-0.05, 0) is 0 Å². The fourth-order valence-electron chi connectivity index (χ4n) is 2.77. The standard InChI is InChI=1S/C10H16N5O14P3.2Na.3H2O/c11-10-13-7-4(8(18)14-10)12-2-15(7)9-6(17)5(16)3(27-9)1-26-31(22,23)29-32(24,25)28-30(19,20)21;;;;;/h2-6,9,16-17H,1H2,(H,22,23)(H,24,25)(H2,11,14,18)(H2,19,20,21);;;3*1H2/q;2*+1;;;/p-2/t3-,4?,5-,6-,9-;;;;;/m1...../s1. The Labute approximate surface area is 250 Å². The summed E-state index contributed by atoms with van der Waals surface area (Å²) in [6.45, 7) is -1.06. The number of phosphoric acid groups is 3. The van der Waals surface area contributed by atoms with Gasteiger partial charge in [0.1, 0.15) is 18.3 Å². The second-order valence-electron chi connectivity index (χ2n) is 6.24. The third-order valence-corrected chi connectivity index (χ3v) is 7.68. The number of rotatable bonds is 8. The molecular formula is C10H20N5Na2O17P3. The molecule has 3 heterocycles. The molecule has 12 N–H and O–H groups in total. The summed E-state index contributed by atoms with van der Waals surface area (Å²) < 4.78 is 49.8. The molecule has 3 aliphatic heterocycles. The van der Waals surface area contributed by atoms with Crippen LogP contribution in [-0.4, -0.2) is 103 Å². The molecule has 8 atom stereocenters. The fraction of sp³-hybridized carbons (Fsp3) is 0.600. The van der Waals surface area contributed by atoms with Crippen LogP contribution in [0.5, 0.6) is 0 Å². The number of carbonyl (C=O) groups excluding carboxylic acids is 1. The largest absolute Gasteiger partial charge is 1.00 e. The van der Waals surface area contributed by atoms with Crippen LogP contribution in [0.4, 0.5) is 0 Å². The molecule has 0 aliphatic carbocycles. The van der Waals surface area contributed by atoms with E-state index in [2.05, 4.69) is 28.1 Å². The Morgan fingerprint density at radius 1 is 1.05 bits per heavy atom. The van der Waals surface area contributed by atoms with Crippen LogP contribution in [0.3, 0.4) is 0 Å². The van der Waals surface area contributed by atoms with Gasteiger partial charge in [-0.3, -0.25) is 28.3 Å². The second kappa shape index (κ2) is 15.5. The van der Waals surface area contributed by atoms with Crippen molar-refractivity contribution in [1.29, 1.82) is 0 Å². The monoisotopic (exact) mass is 621 g/mol. The van der Waals surface area contributed by atoms with Crippen LogP contribution in [-0.2, 0) is 36.4 Å². The molecule has 0 radical (unpaired) electrons. The molecule has 0 bridgehead atoms. The van der Waals surface area contributed by atoms with Gasteiger partial charge < -0.3 is 56.7 Å². The summed E-state index contributed by atoms with van der Waals surface area (Å²) in [5.74, 6) is -1.21. The maximum atomic E-state index is 11.8. The number of amides is 1. The molecular weight excluding hydrogens is 601 g/mol. The number of guanidine groups is 1. The van der Waals surface area contributed by atoms with E-state index in [1.165, 1.54) is 0 Å². The number of ether oxygens (including phenoxy) is 1. The van der Waals surface area contributed by atoms with Gasteiger partial charge in [-0.2, -0.15) is 9.98 Å². The second-order valence-corrected chi connectivity index (χ2v) is 10.6. The molecule has 1 saturated heterocycles. The topological polar surface area (TPSA) is 393 Å². The van der Waals surface area contributed by atoms with E-state index < -0.39 is 72.5 Å². The number of phosphoric ester groups is 1. The van der Waals surface area contributed by atoms with Gasteiger partial charge in [0.2, 0.25) is 5.96 Å². The number of carbonyl (C=O) groups is 1. The van der Waals surface area contributed by atoms with Gasteiger partial charge in [-0.1, -0.05) is 0 Å². The maximum absolute atomic E-state index is 11.8. The van der Waals surface area contributed by atoms with Crippen LogP contribution < -0.4 is 74.6 Å². The number of nitrogens with two attached hydrogens (primary N) is 1. The molecule has 27 heteroatoms. The van der Waals surface area contributed by atoms with Crippen LogP contribution in [0.2, 0.25) is 0 Å². The van der Waals surface area contributed by atoms with Crippen LogP contribution in [0.1, 0.15) is 0 Å². The first-order valence-corrected chi connectivity index (χ1v) is 12.6. The van der Waals surface area contributed by atoms with Crippen molar-refractivity contribution in [1.82, 2.24) is 4.90 Å². The minimum atomic E-state index is -6.04. The first kappa shape index (κ1) is 41.9. The zero-order valence-corrected chi connectivity index (χ0v) is 25.4. The molecule has 22 nitrogen and oxygen atoms in total. The number of aliphatic hydroxyl groups excluding tert-OH is 2. The Bertz CT molecular complexity index is 1040. The first-order valence-electron chi connectivity index (χ1n) is 8.13. The fourth-order valence-corrected chi connectivity index (χ4v) is 5.70. The number of hydrogen-bond acceptors (Lipinski definition) is 16. The molecule has 0 saturated carbocycles. The van der Waals surface area contributed by atoms with Crippen LogP contribution in [0.25, 0.3) is 0 Å². The zero-order valence-electron chi connectivity index (χ0n) is 18.8. The van der Waals surface area contributed by atoms with Crippen molar-refractivity contribution in [3.63, 3.8) is 0 Å². The van der Waals surface area contributed by atoms with E-state index >= 15 is 0 Å². The molecule has 4 unspecified atom stereocenters. The van der Waals surface area contributed by atoms with E-state index in [4.69, 9.17) is 15.4 Å². The van der Waals surface area contributed by atoms with Crippen molar-refractivity contribution in [2.45, 2.75) is 30.6 Å². The quantitative estimate of drug-likeness (QED) is 0.124. The normalized spacial score (nSPS) is 30.7. The summed E-state index contributed by atoms with van der Waals surface area (Å²) in [7, 11) is -17.5. The molecule has 0 aromatic heterocycles. The van der Waals surface area contributed by atoms with E-state index in [1.54, 1.807) is 0 Å². The van der Waals surface area contributed by atoms with E-state index in [9.17, 15) is 43.4 Å². The van der Waals surface area contributed by atoms with Crippen molar-refractivity contribution in [3.8, 4) is 0 Å². The molecule has 3 aliphatic rings. The van der Waals surface area contributed by atoms with Crippen LogP contribution >= 0.6 is 23.5 Å². The molecule has 0 aromatic carbocycles. The third-order valence-electron chi connectivity index (χ3n) is 3.96. The molecule has 0 aromatic rings. The molecule has 1 fully saturated rings. The predicted molar refractivity (Wildman–Crippen MR) is 105 cm³/mol. The van der Waals surface area contributed by atoms with E-state index in [0.717, 1.165) is 11.2 Å². The van der Waals surface area contributed by atoms with Gasteiger partial charge in [0.25, 0.3) is 21.6 Å². The Morgan fingerprint density at radius 2 is 1.62 bits per heavy atom. The average molecular weight is 621 g/mol. The van der Waals surface area contributed by atoms with Gasteiger partial charge >= 0.3 is 66.9 Å². The summed E-state index contributed by atoms with van der Waals surface area (Å²) >= 11 is 0. The summed E-state index contributed by atoms with van der Waals surface area (Å²) in [4.78, 5) is 63.4. The number of aliphatic imine (C=N–C) groups is 3. The Balaban J connectivity index is -0.00000231. The van der Waals surface area contributed by atoms with Crippen LogP contribution in [0, 0.1) is 0 Å². The van der Waals surface area contributed by atoms with Gasteiger partial charge in [-0.25, -0.2) is 13.2 Å². The van der Waals surface area contributed by atoms with Crippen molar-refractivity contribution < 1.29 is 142 Å². The summed E-state index contributed by atoms with van der Waals surface area (Å²) in [5.41, 5.74) is 5.42. The number of fused-ring (bicyclic) bond motifs is 1. The van der Waals surface area contributed by atoms with Gasteiger partial charge in [0.15, 0.2) is 18.1 Å². The first-order chi connectivity index (χ1) is 14.6. The van der Waals surface area contributed by atoms with Crippen molar-refractivity contribution in [3.05, 3.63) is 0 Å². The average Bonchev–Trinajstić information content (AvgIpc) is 3.12. The number of aliphatic hydroxyl groups is 2. The summed E-state index contributed by atoms with van der Waals surface area (Å²) in [6.07, 6.45) is -5.42. The zero-order chi connectivity index (χ0) is 24.1.